The van der Waals surface area contributed by atoms with Crippen LogP contribution in [0.5, 0.6) is 0 Å². The van der Waals surface area contributed by atoms with Crippen molar-refractivity contribution in [3.63, 3.8) is 0 Å². The van der Waals surface area contributed by atoms with Gasteiger partial charge >= 0.3 is 5.97 Å². The third-order valence-corrected chi connectivity index (χ3v) is 4.01. The Labute approximate surface area is 141 Å². The molecule has 0 bridgehead atoms. The molecule has 1 aromatic heterocycles. The first-order valence-corrected chi connectivity index (χ1v) is 7.68. The van der Waals surface area contributed by atoms with Crippen LogP contribution >= 0.6 is 0 Å². The lowest BCUT2D eigenvalue weighted by atomic mass is 10.2. The zero-order valence-electron chi connectivity index (χ0n) is 14.1. The highest BCUT2D eigenvalue weighted by Crippen LogP contribution is 2.17. The number of aromatic nitrogens is 1. The number of hydrogen-bond donors (Lipinski definition) is 2. The van der Waals surface area contributed by atoms with Gasteiger partial charge in [-0.15, -0.1) is 0 Å². The van der Waals surface area contributed by atoms with Gasteiger partial charge in [0.05, 0.1) is 12.1 Å². The third-order valence-electron chi connectivity index (χ3n) is 4.01. The number of carbonyl (C=O) groups is 2. The molecule has 1 heterocycles. The Bertz CT molecular complexity index is 722. The summed E-state index contributed by atoms with van der Waals surface area (Å²) in [4.78, 5) is 23.3. The highest BCUT2D eigenvalue weighted by atomic mass is 16.5. The van der Waals surface area contributed by atoms with Gasteiger partial charge in [0.2, 0.25) is 0 Å². The number of aliphatic carboxylic acids is 1. The predicted molar refractivity (Wildman–Crippen MR) is 90.2 cm³/mol. The number of benzene rings is 1. The van der Waals surface area contributed by atoms with Crippen molar-refractivity contribution >= 4 is 11.9 Å². The van der Waals surface area contributed by atoms with E-state index in [0.29, 0.717) is 12.1 Å². The van der Waals surface area contributed by atoms with Gasteiger partial charge < -0.3 is 19.7 Å². The van der Waals surface area contributed by atoms with Crippen molar-refractivity contribution in [3.05, 3.63) is 58.9 Å². The maximum atomic E-state index is 12.4. The maximum Gasteiger partial charge on any atom is 0.334 e. The van der Waals surface area contributed by atoms with Gasteiger partial charge in [0.1, 0.15) is 0 Å². The van der Waals surface area contributed by atoms with Crippen LogP contribution in [0.4, 0.5) is 0 Å². The number of hydrogen-bond acceptors (Lipinski definition) is 3. The molecular formula is C18H22N2O4. The van der Waals surface area contributed by atoms with E-state index in [0.717, 1.165) is 17.0 Å². The molecule has 0 saturated carbocycles. The van der Waals surface area contributed by atoms with Gasteiger partial charge in [-0.05, 0) is 25.5 Å². The number of carboxylic acids is 1. The van der Waals surface area contributed by atoms with Crippen molar-refractivity contribution in [1.29, 1.82) is 0 Å². The second-order valence-corrected chi connectivity index (χ2v) is 5.63. The number of ether oxygens (including phenoxy) is 1. The molecule has 128 valence electrons. The van der Waals surface area contributed by atoms with E-state index >= 15 is 0 Å². The summed E-state index contributed by atoms with van der Waals surface area (Å²) in [5.41, 5.74) is 3.52. The summed E-state index contributed by atoms with van der Waals surface area (Å²) >= 11 is 0. The number of carbonyl (C=O) groups excluding carboxylic acids is 1. The molecule has 0 fully saturated rings. The van der Waals surface area contributed by atoms with E-state index in [-0.39, 0.29) is 12.5 Å². The van der Waals surface area contributed by atoms with Crippen molar-refractivity contribution in [2.75, 3.05) is 13.7 Å². The molecule has 2 aromatic rings. The molecule has 2 rings (SSSR count). The summed E-state index contributed by atoms with van der Waals surface area (Å²) in [5, 5.41) is 11.6. The van der Waals surface area contributed by atoms with Crippen molar-refractivity contribution in [2.45, 2.75) is 26.5 Å². The molecule has 0 aliphatic rings. The summed E-state index contributed by atoms with van der Waals surface area (Å²) < 4.78 is 6.88. The van der Waals surface area contributed by atoms with Crippen LogP contribution in [0.1, 0.15) is 27.3 Å². The summed E-state index contributed by atoms with van der Waals surface area (Å²) in [6, 6.07) is 11.8. The maximum absolute atomic E-state index is 12.4. The van der Waals surface area contributed by atoms with E-state index in [4.69, 9.17) is 9.84 Å². The average Bonchev–Trinajstić information content (AvgIpc) is 2.84. The minimum absolute atomic E-state index is 0.0764. The second-order valence-electron chi connectivity index (χ2n) is 5.63. The number of nitrogens with zero attached hydrogens (tertiary/aromatic N) is 1. The molecule has 1 aromatic carbocycles. The van der Waals surface area contributed by atoms with Crippen LogP contribution in [0.15, 0.2) is 36.4 Å². The van der Waals surface area contributed by atoms with Crippen molar-refractivity contribution in [1.82, 2.24) is 9.88 Å². The third kappa shape index (κ3) is 4.02. The zero-order chi connectivity index (χ0) is 17.7. The van der Waals surface area contributed by atoms with Gasteiger partial charge in [0, 0.05) is 25.0 Å². The van der Waals surface area contributed by atoms with Gasteiger partial charge in [-0.1, -0.05) is 30.3 Å². The van der Waals surface area contributed by atoms with Crippen LogP contribution in [0.3, 0.4) is 0 Å². The number of aryl methyl sites for hydroxylation is 1. The molecule has 1 unspecified atom stereocenters. The fraction of sp³-hybridized carbons (Fsp3) is 0.333. The van der Waals surface area contributed by atoms with Crippen molar-refractivity contribution in [3.8, 4) is 0 Å². The predicted octanol–water partition coefficient (Wildman–Crippen LogP) is 1.98. The van der Waals surface area contributed by atoms with Gasteiger partial charge in [-0.2, -0.15) is 0 Å². The molecule has 6 nitrogen and oxygen atoms in total. The summed E-state index contributed by atoms with van der Waals surface area (Å²) in [6.07, 6.45) is -1.05. The van der Waals surface area contributed by atoms with E-state index in [9.17, 15) is 9.59 Å². The van der Waals surface area contributed by atoms with Crippen molar-refractivity contribution in [2.24, 2.45) is 0 Å². The second kappa shape index (κ2) is 7.79. The Morgan fingerprint density at radius 2 is 1.92 bits per heavy atom. The molecule has 24 heavy (non-hydrogen) atoms. The van der Waals surface area contributed by atoms with Crippen LogP contribution in [-0.4, -0.2) is 41.3 Å². The van der Waals surface area contributed by atoms with E-state index < -0.39 is 12.1 Å². The molecule has 1 atom stereocenters. The Hall–Kier alpha value is -2.60. The molecule has 6 heteroatoms. The van der Waals surface area contributed by atoms with Crippen molar-refractivity contribution < 1.29 is 19.4 Å². The molecule has 0 saturated heterocycles. The minimum atomic E-state index is -1.10. The molecule has 0 radical (unpaired) electrons. The number of carboxylic acid groups (broad SMARTS) is 1. The van der Waals surface area contributed by atoms with Crippen LogP contribution in [0.2, 0.25) is 0 Å². The van der Waals surface area contributed by atoms with Gasteiger partial charge in [-0.3, -0.25) is 4.79 Å². The van der Waals surface area contributed by atoms with Gasteiger partial charge in [-0.25, -0.2) is 4.79 Å². The fourth-order valence-corrected chi connectivity index (χ4v) is 2.59. The number of methoxy groups -OCH3 is 1. The summed E-state index contributed by atoms with van der Waals surface area (Å²) in [7, 11) is 1.30. The quantitative estimate of drug-likeness (QED) is 0.813. The number of nitrogens with one attached hydrogen (secondary N) is 1. The van der Waals surface area contributed by atoms with E-state index in [1.54, 1.807) is 0 Å². The van der Waals surface area contributed by atoms with E-state index in [1.165, 1.54) is 7.11 Å². The number of amides is 1. The molecule has 0 aliphatic heterocycles. The first kappa shape index (κ1) is 17.7. The molecule has 0 aliphatic carbocycles. The van der Waals surface area contributed by atoms with Crippen LogP contribution < -0.4 is 5.32 Å². The Balaban J connectivity index is 2.13. The Morgan fingerprint density at radius 3 is 2.50 bits per heavy atom. The molecule has 0 spiro atoms. The minimum Gasteiger partial charge on any atom is -0.479 e. The standard InChI is InChI=1S/C18H22N2O4/c1-12-9-15(17(21)19-10-16(24-3)18(22)23)13(2)20(12)11-14-7-5-4-6-8-14/h4-9,16H,10-11H2,1-3H3,(H,19,21)(H,22,23). The van der Waals surface area contributed by atoms with Crippen LogP contribution in [0, 0.1) is 13.8 Å². The molecule has 1 amide bonds. The monoisotopic (exact) mass is 330 g/mol. The van der Waals surface area contributed by atoms with Gasteiger partial charge in [0.25, 0.3) is 5.91 Å². The highest BCUT2D eigenvalue weighted by Gasteiger charge is 2.20. The van der Waals surface area contributed by atoms with E-state index in [1.807, 2.05) is 50.2 Å². The molecular weight excluding hydrogens is 308 g/mol. The SMILES string of the molecule is COC(CNC(=O)c1cc(C)n(Cc2ccccc2)c1C)C(=O)O. The topological polar surface area (TPSA) is 80.6 Å². The smallest absolute Gasteiger partial charge is 0.334 e. The lowest BCUT2D eigenvalue weighted by Gasteiger charge is -2.12. The lowest BCUT2D eigenvalue weighted by molar-refractivity contribution is -0.148. The molecule has 2 N–H and O–H groups in total. The summed E-state index contributed by atoms with van der Waals surface area (Å²) in [6.45, 7) is 4.44. The highest BCUT2D eigenvalue weighted by molar-refractivity contribution is 5.96. The zero-order valence-corrected chi connectivity index (χ0v) is 14.1. The largest absolute Gasteiger partial charge is 0.479 e. The van der Waals surface area contributed by atoms with Crippen LogP contribution in [-0.2, 0) is 16.1 Å². The first-order chi connectivity index (χ1) is 11.4. The fourth-order valence-electron chi connectivity index (χ4n) is 2.59. The summed E-state index contributed by atoms with van der Waals surface area (Å²) in [5.74, 6) is -1.40. The normalized spacial score (nSPS) is 12.0. The lowest BCUT2D eigenvalue weighted by Crippen LogP contribution is -2.38. The first-order valence-electron chi connectivity index (χ1n) is 7.68. The van der Waals surface area contributed by atoms with Crippen LogP contribution in [0.25, 0.3) is 0 Å². The van der Waals surface area contributed by atoms with Gasteiger partial charge in [0.15, 0.2) is 6.10 Å². The Morgan fingerprint density at radius 1 is 1.25 bits per heavy atom. The number of rotatable bonds is 7. The van der Waals surface area contributed by atoms with E-state index in [2.05, 4.69) is 9.88 Å². The average molecular weight is 330 g/mol. The Kier molecular flexibility index (Phi) is 5.76.